The van der Waals surface area contributed by atoms with Crippen molar-refractivity contribution in [1.29, 1.82) is 0 Å². The molecular formula is C23H29NO5. The lowest BCUT2D eigenvalue weighted by Crippen LogP contribution is -2.31. The summed E-state index contributed by atoms with van der Waals surface area (Å²) in [7, 11) is 1.62. The van der Waals surface area contributed by atoms with E-state index < -0.39 is 5.97 Å². The summed E-state index contributed by atoms with van der Waals surface area (Å²) in [5.41, 5.74) is 2.31. The zero-order chi connectivity index (χ0) is 21.3. The fourth-order valence-electron chi connectivity index (χ4n) is 2.57. The van der Waals surface area contributed by atoms with Crippen LogP contribution in [0.1, 0.15) is 31.9 Å². The molecule has 0 radical (unpaired) electrons. The number of benzene rings is 2. The molecule has 0 saturated heterocycles. The minimum atomic E-state index is -0.588. The van der Waals surface area contributed by atoms with Crippen LogP contribution in [-0.2, 0) is 26.2 Å². The molecule has 0 aliphatic carbocycles. The van der Waals surface area contributed by atoms with Crippen molar-refractivity contribution >= 4 is 11.9 Å². The largest absolute Gasteiger partial charge is 0.497 e. The van der Waals surface area contributed by atoms with E-state index >= 15 is 0 Å². The van der Waals surface area contributed by atoms with Gasteiger partial charge in [0.15, 0.2) is 13.2 Å². The molecule has 0 spiro atoms. The molecule has 1 amide bonds. The van der Waals surface area contributed by atoms with E-state index in [-0.39, 0.29) is 24.5 Å². The van der Waals surface area contributed by atoms with Crippen molar-refractivity contribution in [2.45, 2.75) is 32.6 Å². The Hall–Kier alpha value is -3.02. The maximum absolute atomic E-state index is 11.8. The molecule has 0 heterocycles. The summed E-state index contributed by atoms with van der Waals surface area (Å²) in [6.45, 7) is 6.27. The van der Waals surface area contributed by atoms with Gasteiger partial charge < -0.3 is 19.5 Å². The van der Waals surface area contributed by atoms with Crippen LogP contribution < -0.4 is 14.8 Å². The highest BCUT2D eigenvalue weighted by Crippen LogP contribution is 2.24. The highest BCUT2D eigenvalue weighted by atomic mass is 16.6. The lowest BCUT2D eigenvalue weighted by atomic mass is 9.87. The van der Waals surface area contributed by atoms with Crippen LogP contribution in [0.3, 0.4) is 0 Å². The van der Waals surface area contributed by atoms with Crippen molar-refractivity contribution in [2.24, 2.45) is 0 Å². The van der Waals surface area contributed by atoms with Crippen LogP contribution in [0.2, 0.25) is 0 Å². The third kappa shape index (κ3) is 7.86. The maximum Gasteiger partial charge on any atom is 0.344 e. The Morgan fingerprint density at radius 3 is 2.10 bits per heavy atom. The number of amides is 1. The molecule has 0 aliphatic rings. The Morgan fingerprint density at radius 2 is 1.52 bits per heavy atom. The number of rotatable bonds is 9. The van der Waals surface area contributed by atoms with Gasteiger partial charge in [-0.3, -0.25) is 4.79 Å². The van der Waals surface area contributed by atoms with Gasteiger partial charge in [-0.1, -0.05) is 45.0 Å². The summed E-state index contributed by atoms with van der Waals surface area (Å²) in [4.78, 5) is 23.6. The zero-order valence-electron chi connectivity index (χ0n) is 17.5. The molecule has 6 nitrogen and oxygen atoms in total. The summed E-state index contributed by atoms with van der Waals surface area (Å²) in [5, 5.41) is 2.72. The fraction of sp³-hybridized carbons (Fsp3) is 0.391. The molecule has 0 bridgehead atoms. The van der Waals surface area contributed by atoms with Crippen molar-refractivity contribution in [3.8, 4) is 11.5 Å². The summed E-state index contributed by atoms with van der Waals surface area (Å²) in [6.07, 6.45) is 0.678. The average Bonchev–Trinajstić information content (AvgIpc) is 2.71. The van der Waals surface area contributed by atoms with E-state index in [2.05, 4.69) is 26.1 Å². The van der Waals surface area contributed by atoms with E-state index in [0.717, 1.165) is 11.3 Å². The standard InChI is InChI=1S/C23H29NO5/c1-23(2,3)18-7-11-20(12-8-18)28-16-22(26)29-15-21(25)24-14-13-17-5-9-19(27-4)10-6-17/h5-12H,13-16H2,1-4H3,(H,24,25). The zero-order valence-corrected chi connectivity index (χ0v) is 17.5. The number of methoxy groups -OCH3 is 1. The number of hydrogen-bond acceptors (Lipinski definition) is 5. The van der Waals surface area contributed by atoms with Crippen LogP contribution >= 0.6 is 0 Å². The van der Waals surface area contributed by atoms with Crippen molar-refractivity contribution in [2.75, 3.05) is 26.9 Å². The van der Waals surface area contributed by atoms with Crippen molar-refractivity contribution in [3.05, 3.63) is 59.7 Å². The Morgan fingerprint density at radius 1 is 0.897 bits per heavy atom. The molecule has 0 aromatic heterocycles. The first-order valence-corrected chi connectivity index (χ1v) is 9.56. The highest BCUT2D eigenvalue weighted by Gasteiger charge is 2.13. The van der Waals surface area contributed by atoms with E-state index in [9.17, 15) is 9.59 Å². The number of carbonyl (C=O) groups excluding carboxylic acids is 2. The summed E-state index contributed by atoms with van der Waals surface area (Å²) in [6, 6.07) is 15.2. The Bertz CT molecular complexity index is 792. The predicted octanol–water partition coefficient (Wildman–Crippen LogP) is 3.27. The molecule has 1 N–H and O–H groups in total. The van der Waals surface area contributed by atoms with Gasteiger partial charge in [0, 0.05) is 6.54 Å². The fourth-order valence-corrected chi connectivity index (χ4v) is 2.57. The van der Waals surface area contributed by atoms with Crippen LogP contribution in [0.15, 0.2) is 48.5 Å². The van der Waals surface area contributed by atoms with Gasteiger partial charge in [-0.2, -0.15) is 0 Å². The van der Waals surface area contributed by atoms with Gasteiger partial charge in [0.2, 0.25) is 0 Å². The van der Waals surface area contributed by atoms with Crippen LogP contribution in [0.25, 0.3) is 0 Å². The van der Waals surface area contributed by atoms with Crippen molar-refractivity contribution < 1.29 is 23.8 Å². The van der Waals surface area contributed by atoms with Crippen LogP contribution in [0.4, 0.5) is 0 Å². The van der Waals surface area contributed by atoms with E-state index in [1.807, 2.05) is 48.5 Å². The summed E-state index contributed by atoms with van der Waals surface area (Å²) < 4.78 is 15.5. The van der Waals surface area contributed by atoms with Gasteiger partial charge in [0.25, 0.3) is 5.91 Å². The van der Waals surface area contributed by atoms with Gasteiger partial charge in [-0.25, -0.2) is 4.79 Å². The highest BCUT2D eigenvalue weighted by molar-refractivity contribution is 5.80. The first-order chi connectivity index (χ1) is 13.8. The Labute approximate surface area is 172 Å². The van der Waals surface area contributed by atoms with Crippen molar-refractivity contribution in [1.82, 2.24) is 5.32 Å². The van der Waals surface area contributed by atoms with E-state index in [4.69, 9.17) is 14.2 Å². The Kier molecular flexibility index (Phi) is 8.07. The second kappa shape index (κ2) is 10.5. The van der Waals surface area contributed by atoms with E-state index in [0.29, 0.717) is 18.7 Å². The van der Waals surface area contributed by atoms with E-state index in [1.165, 1.54) is 5.56 Å². The molecule has 2 rings (SSSR count). The number of ether oxygens (including phenoxy) is 3. The third-order valence-electron chi connectivity index (χ3n) is 4.34. The molecule has 0 unspecified atom stereocenters. The molecule has 156 valence electrons. The van der Waals surface area contributed by atoms with E-state index in [1.54, 1.807) is 7.11 Å². The summed E-state index contributed by atoms with van der Waals surface area (Å²) >= 11 is 0. The summed E-state index contributed by atoms with van der Waals surface area (Å²) in [5.74, 6) is 0.438. The first kappa shape index (κ1) is 22.3. The second-order valence-electron chi connectivity index (χ2n) is 7.67. The quantitative estimate of drug-likeness (QED) is 0.655. The van der Waals surface area contributed by atoms with Gasteiger partial charge in [0.1, 0.15) is 11.5 Å². The van der Waals surface area contributed by atoms with Crippen LogP contribution in [0.5, 0.6) is 11.5 Å². The normalized spacial score (nSPS) is 10.9. The molecule has 0 atom stereocenters. The average molecular weight is 399 g/mol. The third-order valence-corrected chi connectivity index (χ3v) is 4.34. The lowest BCUT2D eigenvalue weighted by molar-refractivity contribution is -0.150. The maximum atomic E-state index is 11.8. The number of nitrogens with one attached hydrogen (secondary N) is 1. The van der Waals surface area contributed by atoms with Gasteiger partial charge in [-0.05, 0) is 47.2 Å². The monoisotopic (exact) mass is 399 g/mol. The van der Waals surface area contributed by atoms with Crippen molar-refractivity contribution in [3.63, 3.8) is 0 Å². The first-order valence-electron chi connectivity index (χ1n) is 9.56. The molecular weight excluding hydrogens is 370 g/mol. The van der Waals surface area contributed by atoms with Crippen LogP contribution in [-0.4, -0.2) is 38.7 Å². The molecule has 2 aromatic carbocycles. The minimum absolute atomic E-state index is 0.0538. The smallest absolute Gasteiger partial charge is 0.344 e. The Balaban J connectivity index is 1.63. The van der Waals surface area contributed by atoms with Gasteiger partial charge >= 0.3 is 5.97 Å². The number of carbonyl (C=O) groups is 2. The molecule has 0 aliphatic heterocycles. The molecule has 2 aromatic rings. The molecule has 29 heavy (non-hydrogen) atoms. The topological polar surface area (TPSA) is 73.9 Å². The number of esters is 1. The lowest BCUT2D eigenvalue weighted by Gasteiger charge is -2.19. The minimum Gasteiger partial charge on any atom is -0.497 e. The SMILES string of the molecule is COc1ccc(CCNC(=O)COC(=O)COc2ccc(C(C)(C)C)cc2)cc1. The van der Waals surface area contributed by atoms with Gasteiger partial charge in [-0.15, -0.1) is 0 Å². The molecule has 0 saturated carbocycles. The predicted molar refractivity (Wildman–Crippen MR) is 111 cm³/mol. The molecule has 6 heteroatoms. The van der Waals surface area contributed by atoms with Gasteiger partial charge in [0.05, 0.1) is 7.11 Å². The van der Waals surface area contributed by atoms with Crippen LogP contribution in [0, 0.1) is 0 Å². The number of hydrogen-bond donors (Lipinski definition) is 1. The second-order valence-corrected chi connectivity index (χ2v) is 7.67. The molecule has 0 fully saturated rings.